The number of carbonyl (C=O) groups is 1. The number of hydrogen-bond donors (Lipinski definition) is 2. The molecule has 2 aromatic rings. The highest BCUT2D eigenvalue weighted by Gasteiger charge is 2.32. The lowest BCUT2D eigenvalue weighted by Crippen LogP contribution is -2.33. The van der Waals surface area contributed by atoms with Crippen LogP contribution in [0, 0.1) is 0 Å². The van der Waals surface area contributed by atoms with Gasteiger partial charge in [-0.05, 0) is 31.2 Å². The van der Waals surface area contributed by atoms with Crippen LogP contribution in [0.25, 0.3) is 0 Å². The summed E-state index contributed by atoms with van der Waals surface area (Å²) in [6, 6.07) is 12.5. The molecular weight excluding hydrogens is 394 g/mol. The van der Waals surface area contributed by atoms with E-state index in [4.69, 9.17) is 18.9 Å². The van der Waals surface area contributed by atoms with Gasteiger partial charge >= 0.3 is 5.97 Å². The molecule has 2 atom stereocenters. The van der Waals surface area contributed by atoms with Crippen molar-refractivity contribution in [3.05, 3.63) is 48.0 Å². The molecule has 0 spiro atoms. The summed E-state index contributed by atoms with van der Waals surface area (Å²) in [5.74, 6) is 2.33. The lowest BCUT2D eigenvalue weighted by Gasteiger charge is -2.18. The fourth-order valence-corrected chi connectivity index (χ4v) is 4.18. The molecule has 1 heterocycles. The lowest BCUT2D eigenvalue weighted by molar-refractivity contribution is -0.138. The molecule has 1 fully saturated rings. The second kappa shape index (κ2) is 10.3. The van der Waals surface area contributed by atoms with Crippen molar-refractivity contribution in [1.29, 1.82) is 0 Å². The maximum absolute atomic E-state index is 11.2. The molecule has 0 aliphatic carbocycles. The number of carboxylic acid groups (broad SMARTS) is 1. The topological polar surface area (TPSA) is 86.3 Å². The van der Waals surface area contributed by atoms with Crippen LogP contribution in [0.15, 0.2) is 42.5 Å². The SMILES string of the molecule is CCOc1ccccc1OCCOc1cc(OC)ccc1C1NC(C(=O)O)CS1. The monoisotopic (exact) mass is 419 g/mol. The Kier molecular flexibility index (Phi) is 7.48. The smallest absolute Gasteiger partial charge is 0.321 e. The Bertz CT molecular complexity index is 831. The number of rotatable bonds is 10. The van der Waals surface area contributed by atoms with E-state index in [1.807, 2.05) is 43.3 Å². The van der Waals surface area contributed by atoms with Gasteiger partial charge in [0.05, 0.1) is 19.1 Å². The van der Waals surface area contributed by atoms with Gasteiger partial charge in [0.1, 0.15) is 30.8 Å². The molecule has 2 aromatic carbocycles. The van der Waals surface area contributed by atoms with E-state index in [1.165, 1.54) is 0 Å². The third-order valence-electron chi connectivity index (χ3n) is 4.33. The van der Waals surface area contributed by atoms with E-state index in [0.29, 0.717) is 48.6 Å². The second-order valence-corrected chi connectivity index (χ2v) is 7.39. The van der Waals surface area contributed by atoms with Crippen LogP contribution in [0.2, 0.25) is 0 Å². The van der Waals surface area contributed by atoms with Gasteiger partial charge in [0.2, 0.25) is 0 Å². The Morgan fingerprint density at radius 3 is 2.41 bits per heavy atom. The number of hydrogen-bond acceptors (Lipinski definition) is 7. The quantitative estimate of drug-likeness (QED) is 0.567. The van der Waals surface area contributed by atoms with Gasteiger partial charge in [-0.1, -0.05) is 12.1 Å². The van der Waals surface area contributed by atoms with Crippen LogP contribution in [-0.4, -0.2) is 49.8 Å². The van der Waals surface area contributed by atoms with E-state index < -0.39 is 12.0 Å². The van der Waals surface area contributed by atoms with Crippen molar-refractivity contribution in [2.75, 3.05) is 32.7 Å². The zero-order chi connectivity index (χ0) is 20.6. The van der Waals surface area contributed by atoms with Crippen molar-refractivity contribution < 1.29 is 28.8 Å². The molecule has 0 aromatic heterocycles. The van der Waals surface area contributed by atoms with E-state index in [0.717, 1.165) is 5.56 Å². The number of methoxy groups -OCH3 is 1. The minimum atomic E-state index is -0.850. The number of ether oxygens (including phenoxy) is 4. The Balaban J connectivity index is 1.63. The molecule has 1 aliphatic rings. The first-order valence-electron chi connectivity index (χ1n) is 9.38. The van der Waals surface area contributed by atoms with Crippen molar-refractivity contribution >= 4 is 17.7 Å². The Labute approximate surface area is 174 Å². The third-order valence-corrected chi connectivity index (χ3v) is 5.58. The molecule has 1 saturated heterocycles. The average Bonchev–Trinajstić information content (AvgIpc) is 3.23. The van der Waals surface area contributed by atoms with Crippen molar-refractivity contribution in [3.8, 4) is 23.0 Å². The van der Waals surface area contributed by atoms with Crippen LogP contribution in [-0.2, 0) is 4.79 Å². The predicted molar refractivity (Wildman–Crippen MR) is 111 cm³/mol. The summed E-state index contributed by atoms with van der Waals surface area (Å²) >= 11 is 1.54. The van der Waals surface area contributed by atoms with E-state index in [9.17, 15) is 9.90 Å². The minimum Gasteiger partial charge on any atom is -0.497 e. The molecular formula is C21H25NO6S. The van der Waals surface area contributed by atoms with Crippen molar-refractivity contribution in [3.63, 3.8) is 0 Å². The highest BCUT2D eigenvalue weighted by atomic mass is 32.2. The Hall–Kier alpha value is -2.58. The number of aliphatic carboxylic acids is 1. The molecule has 0 amide bonds. The Morgan fingerprint density at radius 1 is 1.10 bits per heavy atom. The molecule has 7 nitrogen and oxygen atoms in total. The number of carboxylic acids is 1. The lowest BCUT2D eigenvalue weighted by atomic mass is 10.1. The average molecular weight is 419 g/mol. The van der Waals surface area contributed by atoms with Gasteiger partial charge < -0.3 is 24.1 Å². The van der Waals surface area contributed by atoms with Crippen LogP contribution >= 0.6 is 11.8 Å². The van der Waals surface area contributed by atoms with Crippen molar-refractivity contribution in [2.24, 2.45) is 0 Å². The molecule has 156 valence electrons. The largest absolute Gasteiger partial charge is 0.497 e. The molecule has 8 heteroatoms. The molecule has 3 rings (SSSR count). The zero-order valence-electron chi connectivity index (χ0n) is 16.4. The number of benzene rings is 2. The summed E-state index contributed by atoms with van der Waals surface area (Å²) in [5.41, 5.74) is 0.884. The highest BCUT2D eigenvalue weighted by Crippen LogP contribution is 2.39. The molecule has 0 radical (unpaired) electrons. The number of para-hydroxylation sites is 2. The first-order chi connectivity index (χ1) is 14.1. The molecule has 29 heavy (non-hydrogen) atoms. The second-order valence-electron chi connectivity index (χ2n) is 6.25. The van der Waals surface area contributed by atoms with E-state index >= 15 is 0 Å². The molecule has 0 saturated carbocycles. The van der Waals surface area contributed by atoms with Gasteiger partial charge in [0.15, 0.2) is 11.5 Å². The maximum Gasteiger partial charge on any atom is 0.321 e. The zero-order valence-corrected chi connectivity index (χ0v) is 17.2. The summed E-state index contributed by atoms with van der Waals surface area (Å²) in [6.07, 6.45) is 0. The van der Waals surface area contributed by atoms with Crippen molar-refractivity contribution in [1.82, 2.24) is 5.32 Å². The predicted octanol–water partition coefficient (Wildman–Crippen LogP) is 3.34. The van der Waals surface area contributed by atoms with Gasteiger partial charge in [-0.25, -0.2) is 0 Å². The molecule has 1 aliphatic heterocycles. The van der Waals surface area contributed by atoms with Crippen LogP contribution in [0.5, 0.6) is 23.0 Å². The van der Waals surface area contributed by atoms with Crippen LogP contribution < -0.4 is 24.3 Å². The van der Waals surface area contributed by atoms with E-state index in [2.05, 4.69) is 5.32 Å². The third kappa shape index (κ3) is 5.48. The standard InChI is InChI=1S/C21H25NO6S/c1-3-26-17-6-4-5-7-18(17)27-10-11-28-19-12-14(25-2)8-9-15(19)20-22-16(13-29-20)21(23)24/h4-9,12,16,20,22H,3,10-11,13H2,1-2H3,(H,23,24). The van der Waals surface area contributed by atoms with Gasteiger partial charge in [-0.15, -0.1) is 11.8 Å². The highest BCUT2D eigenvalue weighted by molar-refractivity contribution is 7.99. The van der Waals surface area contributed by atoms with Crippen LogP contribution in [0.3, 0.4) is 0 Å². The van der Waals surface area contributed by atoms with Crippen molar-refractivity contribution in [2.45, 2.75) is 18.3 Å². The first-order valence-corrected chi connectivity index (χ1v) is 10.4. The molecule has 2 N–H and O–H groups in total. The normalized spacial score (nSPS) is 18.3. The van der Waals surface area contributed by atoms with E-state index in [1.54, 1.807) is 24.9 Å². The van der Waals surface area contributed by atoms with Crippen LogP contribution in [0.4, 0.5) is 0 Å². The fraction of sp³-hybridized carbons (Fsp3) is 0.381. The van der Waals surface area contributed by atoms with Gasteiger partial charge in [-0.2, -0.15) is 0 Å². The Morgan fingerprint density at radius 2 is 1.79 bits per heavy atom. The number of nitrogens with one attached hydrogen (secondary N) is 1. The first kappa shape index (κ1) is 21.1. The maximum atomic E-state index is 11.2. The fourth-order valence-electron chi connectivity index (χ4n) is 2.92. The number of thioether (sulfide) groups is 1. The summed E-state index contributed by atoms with van der Waals surface area (Å²) in [7, 11) is 1.59. The molecule has 2 unspecified atom stereocenters. The van der Waals surface area contributed by atoms with Gasteiger partial charge in [0, 0.05) is 17.4 Å². The van der Waals surface area contributed by atoms with Gasteiger partial charge in [0.25, 0.3) is 0 Å². The summed E-state index contributed by atoms with van der Waals surface area (Å²) in [6.45, 7) is 3.14. The summed E-state index contributed by atoms with van der Waals surface area (Å²) < 4.78 is 22.6. The molecule has 0 bridgehead atoms. The van der Waals surface area contributed by atoms with Gasteiger partial charge in [-0.3, -0.25) is 10.1 Å². The minimum absolute atomic E-state index is 0.156. The van der Waals surface area contributed by atoms with E-state index in [-0.39, 0.29) is 5.37 Å². The summed E-state index contributed by atoms with van der Waals surface area (Å²) in [5, 5.41) is 12.2. The summed E-state index contributed by atoms with van der Waals surface area (Å²) in [4.78, 5) is 11.2. The van der Waals surface area contributed by atoms with Crippen LogP contribution in [0.1, 0.15) is 17.9 Å².